The van der Waals surface area contributed by atoms with Crippen molar-refractivity contribution in [3.8, 4) is 16.9 Å². The Morgan fingerprint density at radius 3 is 2.41 bits per heavy atom. The van der Waals surface area contributed by atoms with Gasteiger partial charge < -0.3 is 23.6 Å². The lowest BCUT2D eigenvalue weighted by Gasteiger charge is -2.26. The van der Waals surface area contributed by atoms with E-state index in [2.05, 4.69) is 5.16 Å². The van der Waals surface area contributed by atoms with Crippen LogP contribution in [-0.4, -0.2) is 61.5 Å². The molecule has 144 valence electrons. The van der Waals surface area contributed by atoms with Crippen molar-refractivity contribution in [2.24, 2.45) is 0 Å². The average molecular weight is 374 g/mol. The smallest absolute Gasteiger partial charge is 0.361 e. The van der Waals surface area contributed by atoms with Gasteiger partial charge in [-0.05, 0) is 31.5 Å². The zero-order chi connectivity index (χ0) is 19.4. The molecule has 1 fully saturated rings. The van der Waals surface area contributed by atoms with Crippen LogP contribution in [0.25, 0.3) is 11.1 Å². The van der Waals surface area contributed by atoms with Crippen LogP contribution in [0.5, 0.6) is 5.75 Å². The second-order valence-electron chi connectivity index (χ2n) is 6.32. The van der Waals surface area contributed by atoms with E-state index in [9.17, 15) is 9.59 Å². The first kappa shape index (κ1) is 18.9. The highest BCUT2D eigenvalue weighted by Crippen LogP contribution is 2.31. The summed E-state index contributed by atoms with van der Waals surface area (Å²) in [4.78, 5) is 27.0. The minimum Gasteiger partial charge on any atom is -0.497 e. The molecule has 1 saturated heterocycles. The second kappa shape index (κ2) is 8.22. The number of nitrogens with zero attached hydrogens (tertiary/aromatic N) is 2. The molecule has 0 N–H and O–H groups in total. The average Bonchev–Trinajstić information content (AvgIpc) is 3.13. The van der Waals surface area contributed by atoms with Gasteiger partial charge in [0.15, 0.2) is 5.69 Å². The van der Waals surface area contributed by atoms with E-state index in [0.29, 0.717) is 43.2 Å². The number of ether oxygens (including phenoxy) is 3. The van der Waals surface area contributed by atoms with E-state index in [1.165, 1.54) is 0 Å². The Morgan fingerprint density at radius 1 is 1.15 bits per heavy atom. The molecule has 1 aromatic heterocycles. The van der Waals surface area contributed by atoms with Crippen LogP contribution in [0.15, 0.2) is 28.8 Å². The van der Waals surface area contributed by atoms with E-state index >= 15 is 0 Å². The molecule has 3 rings (SSSR count). The summed E-state index contributed by atoms with van der Waals surface area (Å²) in [5.74, 6) is -0.304. The predicted octanol–water partition coefficient (Wildman–Crippen LogP) is 2.39. The van der Waals surface area contributed by atoms with Gasteiger partial charge in [-0.3, -0.25) is 4.79 Å². The van der Waals surface area contributed by atoms with Crippen molar-refractivity contribution < 1.29 is 28.3 Å². The summed E-state index contributed by atoms with van der Waals surface area (Å²) < 4.78 is 21.0. The van der Waals surface area contributed by atoms with Gasteiger partial charge in [0, 0.05) is 13.1 Å². The Hall–Kier alpha value is -2.87. The van der Waals surface area contributed by atoms with Crippen LogP contribution < -0.4 is 4.74 Å². The fraction of sp³-hybridized carbons (Fsp3) is 0.421. The van der Waals surface area contributed by atoms with Crippen molar-refractivity contribution in [3.63, 3.8) is 0 Å². The normalized spacial score (nSPS) is 14.3. The number of carbonyl (C=O) groups excluding carboxylic acids is 2. The SMILES string of the molecule is COc1ccc(-c2c(C(=O)OC(C)C)noc2C(=O)N2CCOCC2)cc1. The lowest BCUT2D eigenvalue weighted by atomic mass is 10.0. The number of hydrogen-bond acceptors (Lipinski definition) is 7. The Labute approximate surface area is 157 Å². The molecule has 0 unspecified atom stereocenters. The van der Waals surface area contributed by atoms with Crippen molar-refractivity contribution in [2.75, 3.05) is 33.4 Å². The number of esters is 1. The van der Waals surface area contributed by atoms with Gasteiger partial charge in [-0.1, -0.05) is 17.3 Å². The minimum atomic E-state index is -0.638. The zero-order valence-electron chi connectivity index (χ0n) is 15.6. The van der Waals surface area contributed by atoms with Crippen LogP contribution in [0.3, 0.4) is 0 Å². The van der Waals surface area contributed by atoms with Gasteiger partial charge in [-0.25, -0.2) is 4.79 Å². The summed E-state index contributed by atoms with van der Waals surface area (Å²) in [6.45, 7) is 5.30. The first-order valence-corrected chi connectivity index (χ1v) is 8.73. The Kier molecular flexibility index (Phi) is 5.75. The lowest BCUT2D eigenvalue weighted by molar-refractivity contribution is 0.0276. The molecular formula is C19H22N2O6. The van der Waals surface area contributed by atoms with Gasteiger partial charge in [0.05, 0.1) is 32.0 Å². The minimum absolute atomic E-state index is 0.0118. The summed E-state index contributed by atoms with van der Waals surface area (Å²) in [5.41, 5.74) is 0.912. The molecule has 0 bridgehead atoms. The second-order valence-corrected chi connectivity index (χ2v) is 6.32. The molecular weight excluding hydrogens is 352 g/mol. The number of amides is 1. The zero-order valence-corrected chi connectivity index (χ0v) is 15.6. The third kappa shape index (κ3) is 4.11. The summed E-state index contributed by atoms with van der Waals surface area (Å²) in [6.07, 6.45) is -0.323. The molecule has 8 heteroatoms. The van der Waals surface area contributed by atoms with Crippen LogP contribution in [-0.2, 0) is 9.47 Å². The fourth-order valence-corrected chi connectivity index (χ4v) is 2.78. The maximum atomic E-state index is 12.9. The van der Waals surface area contributed by atoms with Gasteiger partial charge in [-0.15, -0.1) is 0 Å². The van der Waals surface area contributed by atoms with E-state index in [0.717, 1.165) is 0 Å². The number of morpholine rings is 1. The van der Waals surface area contributed by atoms with Gasteiger partial charge >= 0.3 is 5.97 Å². The van der Waals surface area contributed by atoms with Crippen LogP contribution in [0, 0.1) is 0 Å². The van der Waals surface area contributed by atoms with Crippen LogP contribution in [0.1, 0.15) is 34.9 Å². The first-order valence-electron chi connectivity index (χ1n) is 8.73. The first-order chi connectivity index (χ1) is 13.0. The lowest BCUT2D eigenvalue weighted by Crippen LogP contribution is -2.40. The molecule has 1 amide bonds. The number of benzene rings is 1. The summed E-state index contributed by atoms with van der Waals surface area (Å²) >= 11 is 0. The van der Waals surface area contributed by atoms with Crippen molar-refractivity contribution >= 4 is 11.9 Å². The molecule has 0 saturated carbocycles. The monoisotopic (exact) mass is 374 g/mol. The van der Waals surface area contributed by atoms with Gasteiger partial charge in [-0.2, -0.15) is 0 Å². The number of methoxy groups -OCH3 is 1. The van der Waals surface area contributed by atoms with E-state index in [1.54, 1.807) is 50.1 Å². The van der Waals surface area contributed by atoms with E-state index in [-0.39, 0.29) is 23.5 Å². The van der Waals surface area contributed by atoms with Gasteiger partial charge in [0.1, 0.15) is 5.75 Å². The summed E-state index contributed by atoms with van der Waals surface area (Å²) in [5, 5.41) is 3.84. The number of aromatic nitrogens is 1. The van der Waals surface area contributed by atoms with E-state index in [4.69, 9.17) is 18.7 Å². The Morgan fingerprint density at radius 2 is 1.81 bits per heavy atom. The van der Waals surface area contributed by atoms with Gasteiger partial charge in [0.25, 0.3) is 5.91 Å². The maximum Gasteiger partial charge on any atom is 0.361 e. The van der Waals surface area contributed by atoms with Crippen molar-refractivity contribution in [1.82, 2.24) is 10.1 Å². The standard InChI is InChI=1S/C19H22N2O6/c1-12(2)26-19(23)16-15(13-4-6-14(24-3)7-5-13)17(27-20-16)18(22)21-8-10-25-11-9-21/h4-7,12H,8-11H2,1-3H3. The van der Waals surface area contributed by atoms with Crippen LogP contribution in [0.4, 0.5) is 0 Å². The number of carbonyl (C=O) groups is 2. The molecule has 1 aromatic carbocycles. The molecule has 2 heterocycles. The molecule has 27 heavy (non-hydrogen) atoms. The van der Waals surface area contributed by atoms with E-state index in [1.807, 2.05) is 0 Å². The largest absolute Gasteiger partial charge is 0.497 e. The Bertz CT molecular complexity index is 806. The molecule has 0 atom stereocenters. The maximum absolute atomic E-state index is 12.9. The highest BCUT2D eigenvalue weighted by atomic mass is 16.5. The van der Waals surface area contributed by atoms with Gasteiger partial charge in [0.2, 0.25) is 5.76 Å². The number of rotatable bonds is 5. The Balaban J connectivity index is 2.03. The molecule has 1 aliphatic rings. The summed E-state index contributed by atoms with van der Waals surface area (Å²) in [7, 11) is 1.56. The van der Waals surface area contributed by atoms with Crippen molar-refractivity contribution in [2.45, 2.75) is 20.0 Å². The van der Waals surface area contributed by atoms with Crippen LogP contribution in [0.2, 0.25) is 0 Å². The molecule has 8 nitrogen and oxygen atoms in total. The molecule has 0 radical (unpaired) electrons. The highest BCUT2D eigenvalue weighted by molar-refractivity contribution is 6.05. The quantitative estimate of drug-likeness (QED) is 0.742. The highest BCUT2D eigenvalue weighted by Gasteiger charge is 2.32. The third-order valence-electron chi connectivity index (χ3n) is 4.10. The summed E-state index contributed by atoms with van der Waals surface area (Å²) in [6, 6.07) is 6.97. The topological polar surface area (TPSA) is 91.1 Å². The van der Waals surface area contributed by atoms with Crippen molar-refractivity contribution in [1.29, 1.82) is 0 Å². The molecule has 2 aromatic rings. The predicted molar refractivity (Wildman–Crippen MR) is 95.8 cm³/mol. The number of hydrogen-bond donors (Lipinski definition) is 0. The molecule has 1 aliphatic heterocycles. The van der Waals surface area contributed by atoms with Crippen molar-refractivity contribution in [3.05, 3.63) is 35.7 Å². The molecule has 0 aliphatic carbocycles. The molecule has 0 spiro atoms. The van der Waals surface area contributed by atoms with Crippen LogP contribution >= 0.6 is 0 Å². The van der Waals surface area contributed by atoms with E-state index < -0.39 is 5.97 Å². The fourth-order valence-electron chi connectivity index (χ4n) is 2.78. The third-order valence-corrected chi connectivity index (χ3v) is 4.10.